The van der Waals surface area contributed by atoms with Crippen LogP contribution in [0, 0.1) is 17.6 Å². The van der Waals surface area contributed by atoms with E-state index in [-0.39, 0.29) is 16.1 Å². The zero-order valence-electron chi connectivity index (χ0n) is 11.2. The predicted octanol–water partition coefficient (Wildman–Crippen LogP) is 2.85. The van der Waals surface area contributed by atoms with Crippen molar-refractivity contribution in [3.05, 3.63) is 33.8 Å². The Morgan fingerprint density at radius 2 is 2.15 bits per heavy atom. The van der Waals surface area contributed by atoms with Crippen molar-refractivity contribution in [2.45, 2.75) is 25.8 Å². The van der Waals surface area contributed by atoms with Crippen LogP contribution >= 0.6 is 15.9 Å². The fourth-order valence-corrected chi connectivity index (χ4v) is 2.90. The van der Waals surface area contributed by atoms with Crippen LogP contribution in [0.15, 0.2) is 16.6 Å². The monoisotopic (exact) mass is 346 g/mol. The normalized spacial score (nSPS) is 20.5. The van der Waals surface area contributed by atoms with Crippen molar-refractivity contribution in [3.8, 4) is 0 Å². The van der Waals surface area contributed by atoms with E-state index in [0.29, 0.717) is 5.92 Å². The van der Waals surface area contributed by atoms with Gasteiger partial charge < -0.3 is 10.6 Å². The molecular formula is C14H17BrF2N2O. The van der Waals surface area contributed by atoms with Crippen molar-refractivity contribution < 1.29 is 13.6 Å². The summed E-state index contributed by atoms with van der Waals surface area (Å²) < 4.78 is 26.5. The SMILES string of the molecule is CC(NC(=O)c1cc(F)c(F)cc1Br)C1CCCNC1. The van der Waals surface area contributed by atoms with Crippen molar-refractivity contribution in [2.24, 2.45) is 5.92 Å². The molecule has 1 aliphatic rings. The Labute approximate surface area is 125 Å². The van der Waals surface area contributed by atoms with Crippen LogP contribution < -0.4 is 10.6 Å². The number of carbonyl (C=O) groups is 1. The van der Waals surface area contributed by atoms with E-state index in [1.807, 2.05) is 6.92 Å². The van der Waals surface area contributed by atoms with Crippen molar-refractivity contribution in [1.82, 2.24) is 10.6 Å². The first kappa shape index (κ1) is 15.4. The number of carbonyl (C=O) groups excluding carboxylic acids is 1. The van der Waals surface area contributed by atoms with E-state index in [1.54, 1.807) is 0 Å². The molecule has 0 bridgehead atoms. The Bertz CT molecular complexity index is 504. The van der Waals surface area contributed by atoms with Gasteiger partial charge in [0, 0.05) is 10.5 Å². The minimum Gasteiger partial charge on any atom is -0.349 e. The summed E-state index contributed by atoms with van der Waals surface area (Å²) in [6.07, 6.45) is 2.13. The number of hydrogen-bond donors (Lipinski definition) is 2. The summed E-state index contributed by atoms with van der Waals surface area (Å²) in [6.45, 7) is 3.80. The summed E-state index contributed by atoms with van der Waals surface area (Å²) in [6, 6.07) is 1.87. The van der Waals surface area contributed by atoms with E-state index in [0.717, 1.165) is 38.1 Å². The number of rotatable bonds is 3. The summed E-state index contributed by atoms with van der Waals surface area (Å²) in [4.78, 5) is 12.1. The van der Waals surface area contributed by atoms with Crippen molar-refractivity contribution in [3.63, 3.8) is 0 Å². The van der Waals surface area contributed by atoms with Crippen LogP contribution in [0.4, 0.5) is 8.78 Å². The molecule has 0 aliphatic carbocycles. The van der Waals surface area contributed by atoms with Gasteiger partial charge in [-0.3, -0.25) is 4.79 Å². The molecule has 2 rings (SSSR count). The number of amides is 1. The average molecular weight is 347 g/mol. The highest BCUT2D eigenvalue weighted by Crippen LogP contribution is 2.21. The molecular weight excluding hydrogens is 330 g/mol. The maximum Gasteiger partial charge on any atom is 0.252 e. The fourth-order valence-electron chi connectivity index (χ4n) is 2.40. The quantitative estimate of drug-likeness (QED) is 0.826. The van der Waals surface area contributed by atoms with E-state index in [1.165, 1.54) is 0 Å². The highest BCUT2D eigenvalue weighted by Gasteiger charge is 2.23. The largest absolute Gasteiger partial charge is 0.349 e. The van der Waals surface area contributed by atoms with Crippen LogP contribution in [0.1, 0.15) is 30.1 Å². The molecule has 1 fully saturated rings. The third kappa shape index (κ3) is 3.55. The minimum absolute atomic E-state index is 0.0182. The Kier molecular flexibility index (Phi) is 5.10. The standard InChI is InChI=1S/C14H17BrF2N2O/c1-8(9-3-2-4-18-7-9)19-14(20)10-5-12(16)13(17)6-11(10)15/h5-6,8-9,18H,2-4,7H2,1H3,(H,19,20). The van der Waals surface area contributed by atoms with E-state index >= 15 is 0 Å². The lowest BCUT2D eigenvalue weighted by molar-refractivity contribution is 0.0920. The van der Waals surface area contributed by atoms with Gasteiger partial charge in [-0.05, 0) is 66.8 Å². The van der Waals surface area contributed by atoms with Crippen LogP contribution in [0.2, 0.25) is 0 Å². The second kappa shape index (κ2) is 6.63. The molecule has 1 heterocycles. The Hall–Kier alpha value is -1.01. The number of benzene rings is 1. The predicted molar refractivity (Wildman–Crippen MR) is 76.6 cm³/mol. The Morgan fingerprint density at radius 1 is 1.45 bits per heavy atom. The number of nitrogens with one attached hydrogen (secondary N) is 2. The van der Waals surface area contributed by atoms with Gasteiger partial charge >= 0.3 is 0 Å². The first-order valence-corrected chi connectivity index (χ1v) is 7.44. The summed E-state index contributed by atoms with van der Waals surface area (Å²) >= 11 is 3.09. The van der Waals surface area contributed by atoms with Crippen LogP contribution in [-0.4, -0.2) is 25.0 Å². The average Bonchev–Trinajstić information content (AvgIpc) is 2.43. The van der Waals surface area contributed by atoms with Crippen molar-refractivity contribution >= 4 is 21.8 Å². The first-order chi connectivity index (χ1) is 9.49. The third-order valence-corrected chi connectivity index (χ3v) is 4.31. The van der Waals surface area contributed by atoms with Gasteiger partial charge in [-0.1, -0.05) is 0 Å². The highest BCUT2D eigenvalue weighted by atomic mass is 79.9. The lowest BCUT2D eigenvalue weighted by Crippen LogP contribution is -2.44. The summed E-state index contributed by atoms with van der Waals surface area (Å²) in [5.41, 5.74) is 0.111. The summed E-state index contributed by atoms with van der Waals surface area (Å²) in [5.74, 6) is -2.03. The first-order valence-electron chi connectivity index (χ1n) is 6.65. The molecule has 0 spiro atoms. The number of piperidine rings is 1. The van der Waals surface area contributed by atoms with Crippen LogP contribution in [0.3, 0.4) is 0 Å². The van der Waals surface area contributed by atoms with Gasteiger partial charge in [0.15, 0.2) is 11.6 Å². The summed E-state index contributed by atoms with van der Waals surface area (Å²) in [7, 11) is 0. The van der Waals surface area contributed by atoms with Crippen molar-refractivity contribution in [2.75, 3.05) is 13.1 Å². The molecule has 2 N–H and O–H groups in total. The molecule has 0 saturated carbocycles. The topological polar surface area (TPSA) is 41.1 Å². The fraction of sp³-hybridized carbons (Fsp3) is 0.500. The van der Waals surface area contributed by atoms with Gasteiger partial charge in [-0.25, -0.2) is 8.78 Å². The van der Waals surface area contributed by atoms with Crippen LogP contribution in [-0.2, 0) is 0 Å². The third-order valence-electron chi connectivity index (χ3n) is 3.66. The zero-order valence-corrected chi connectivity index (χ0v) is 12.8. The molecule has 0 aromatic heterocycles. The van der Waals surface area contributed by atoms with Gasteiger partial charge in [0.2, 0.25) is 0 Å². The Balaban J connectivity index is 2.06. The lowest BCUT2D eigenvalue weighted by Gasteiger charge is -2.29. The number of hydrogen-bond acceptors (Lipinski definition) is 2. The molecule has 1 aromatic rings. The zero-order chi connectivity index (χ0) is 14.7. The lowest BCUT2D eigenvalue weighted by atomic mass is 9.92. The van der Waals surface area contributed by atoms with Crippen LogP contribution in [0.5, 0.6) is 0 Å². The molecule has 6 heteroatoms. The molecule has 110 valence electrons. The molecule has 20 heavy (non-hydrogen) atoms. The van der Waals surface area contributed by atoms with E-state index < -0.39 is 17.5 Å². The van der Waals surface area contributed by atoms with E-state index in [2.05, 4.69) is 26.6 Å². The van der Waals surface area contributed by atoms with E-state index in [9.17, 15) is 13.6 Å². The second-order valence-corrected chi connectivity index (χ2v) is 5.97. The minimum atomic E-state index is -1.02. The molecule has 1 aromatic carbocycles. The van der Waals surface area contributed by atoms with Gasteiger partial charge in [0.25, 0.3) is 5.91 Å². The number of halogens is 3. The molecule has 2 atom stereocenters. The Morgan fingerprint density at radius 3 is 2.80 bits per heavy atom. The van der Waals surface area contributed by atoms with Gasteiger partial charge in [-0.2, -0.15) is 0 Å². The highest BCUT2D eigenvalue weighted by molar-refractivity contribution is 9.10. The van der Waals surface area contributed by atoms with Crippen molar-refractivity contribution in [1.29, 1.82) is 0 Å². The summed E-state index contributed by atoms with van der Waals surface area (Å²) in [5, 5.41) is 6.14. The molecule has 0 radical (unpaired) electrons. The smallest absolute Gasteiger partial charge is 0.252 e. The molecule has 3 nitrogen and oxygen atoms in total. The maximum absolute atomic E-state index is 13.2. The van der Waals surface area contributed by atoms with Crippen LogP contribution in [0.25, 0.3) is 0 Å². The second-order valence-electron chi connectivity index (χ2n) is 5.11. The van der Waals surface area contributed by atoms with Gasteiger partial charge in [0.05, 0.1) is 5.56 Å². The molecule has 1 aliphatic heterocycles. The van der Waals surface area contributed by atoms with E-state index in [4.69, 9.17) is 0 Å². The van der Waals surface area contributed by atoms with Gasteiger partial charge in [-0.15, -0.1) is 0 Å². The van der Waals surface area contributed by atoms with Gasteiger partial charge in [0.1, 0.15) is 0 Å². The maximum atomic E-state index is 13.2. The molecule has 2 unspecified atom stereocenters. The molecule has 1 amide bonds. The molecule has 1 saturated heterocycles.